The van der Waals surface area contributed by atoms with Gasteiger partial charge in [-0.25, -0.2) is 0 Å². The largest absolute Gasteiger partial charge is 0.352 e. The second-order valence-corrected chi connectivity index (χ2v) is 5.46. The summed E-state index contributed by atoms with van der Waals surface area (Å²) in [6.07, 6.45) is 0.770. The highest BCUT2D eigenvalue weighted by molar-refractivity contribution is 9.08. The fourth-order valence-electron chi connectivity index (χ4n) is 1.86. The fraction of sp³-hybridized carbons (Fsp3) is 0.188. The van der Waals surface area contributed by atoms with Crippen molar-refractivity contribution in [1.82, 2.24) is 5.32 Å². The van der Waals surface area contributed by atoms with Gasteiger partial charge in [-0.05, 0) is 41.8 Å². The molecule has 0 bridgehead atoms. The lowest BCUT2D eigenvalue weighted by Gasteiger charge is -2.06. The van der Waals surface area contributed by atoms with E-state index in [1.54, 1.807) is 0 Å². The van der Waals surface area contributed by atoms with E-state index in [1.807, 2.05) is 48.5 Å². The summed E-state index contributed by atoms with van der Waals surface area (Å²) in [6, 6.07) is 15.2. The lowest BCUT2D eigenvalue weighted by atomic mass is 10.1. The topological polar surface area (TPSA) is 29.1 Å². The number of benzene rings is 2. The van der Waals surface area contributed by atoms with E-state index < -0.39 is 0 Å². The molecule has 1 amide bonds. The Morgan fingerprint density at radius 2 is 1.85 bits per heavy atom. The molecule has 0 aliphatic rings. The molecular weight excluding hydrogens is 338 g/mol. The summed E-state index contributed by atoms with van der Waals surface area (Å²) in [4.78, 5) is 12.0. The predicted molar refractivity (Wildman–Crippen MR) is 86.6 cm³/mol. The van der Waals surface area contributed by atoms with Crippen molar-refractivity contribution in [2.45, 2.75) is 11.8 Å². The highest BCUT2D eigenvalue weighted by Crippen LogP contribution is 2.11. The van der Waals surface area contributed by atoms with Gasteiger partial charge in [0.1, 0.15) is 0 Å². The number of nitrogens with one attached hydrogen (secondary N) is 1. The first-order valence-corrected chi connectivity index (χ1v) is 7.86. The van der Waals surface area contributed by atoms with Gasteiger partial charge in [0, 0.05) is 22.5 Å². The standard InChI is InChI=1S/C16H15BrClNO/c17-11-13-4-6-14(7-5-13)16(20)19-9-8-12-2-1-3-15(18)10-12/h1-7,10H,8-9,11H2,(H,19,20). The van der Waals surface area contributed by atoms with Crippen LogP contribution in [0, 0.1) is 0 Å². The second kappa shape index (κ2) is 7.46. The maximum absolute atomic E-state index is 12.0. The van der Waals surface area contributed by atoms with Crippen LogP contribution in [0.1, 0.15) is 21.5 Å². The Hall–Kier alpha value is -1.32. The zero-order valence-electron chi connectivity index (χ0n) is 10.9. The monoisotopic (exact) mass is 351 g/mol. The molecule has 0 radical (unpaired) electrons. The average Bonchev–Trinajstić information content (AvgIpc) is 2.47. The summed E-state index contributed by atoms with van der Waals surface area (Å²) in [5, 5.41) is 4.43. The Balaban J connectivity index is 1.85. The van der Waals surface area contributed by atoms with E-state index in [2.05, 4.69) is 21.2 Å². The predicted octanol–water partition coefficient (Wildman–Crippen LogP) is 4.21. The average molecular weight is 353 g/mol. The summed E-state index contributed by atoms with van der Waals surface area (Å²) in [7, 11) is 0. The molecule has 0 heterocycles. The molecule has 0 atom stereocenters. The van der Waals surface area contributed by atoms with Gasteiger partial charge >= 0.3 is 0 Å². The number of hydrogen-bond acceptors (Lipinski definition) is 1. The quantitative estimate of drug-likeness (QED) is 0.803. The molecule has 0 spiro atoms. The number of hydrogen-bond donors (Lipinski definition) is 1. The lowest BCUT2D eigenvalue weighted by molar-refractivity contribution is 0.0954. The molecule has 0 aromatic heterocycles. The number of halogens is 2. The minimum atomic E-state index is -0.0480. The van der Waals surface area contributed by atoms with Crippen molar-refractivity contribution in [3.8, 4) is 0 Å². The van der Waals surface area contributed by atoms with E-state index in [9.17, 15) is 4.79 Å². The molecule has 2 nitrogen and oxygen atoms in total. The number of amides is 1. The van der Waals surface area contributed by atoms with Crippen LogP contribution in [0.25, 0.3) is 0 Å². The number of rotatable bonds is 5. The Morgan fingerprint density at radius 1 is 1.10 bits per heavy atom. The smallest absolute Gasteiger partial charge is 0.251 e. The van der Waals surface area contributed by atoms with Gasteiger partial charge in [-0.1, -0.05) is 51.8 Å². The molecule has 1 N–H and O–H groups in total. The molecule has 2 rings (SSSR count). The Labute approximate surface area is 132 Å². The van der Waals surface area contributed by atoms with Crippen LogP contribution in [0.15, 0.2) is 48.5 Å². The van der Waals surface area contributed by atoms with Crippen LogP contribution in [0.4, 0.5) is 0 Å². The highest BCUT2D eigenvalue weighted by atomic mass is 79.9. The molecular formula is C16H15BrClNO. The van der Waals surface area contributed by atoms with Crippen molar-refractivity contribution in [3.05, 3.63) is 70.2 Å². The summed E-state index contributed by atoms with van der Waals surface area (Å²) < 4.78 is 0. The molecule has 0 aliphatic heterocycles. The van der Waals surface area contributed by atoms with E-state index in [-0.39, 0.29) is 5.91 Å². The third-order valence-corrected chi connectivity index (χ3v) is 3.84. The molecule has 4 heteroatoms. The highest BCUT2D eigenvalue weighted by Gasteiger charge is 2.04. The van der Waals surface area contributed by atoms with Crippen LogP contribution >= 0.6 is 27.5 Å². The van der Waals surface area contributed by atoms with Crippen LogP contribution in [0.3, 0.4) is 0 Å². The molecule has 0 fully saturated rings. The first-order valence-electron chi connectivity index (χ1n) is 6.36. The third kappa shape index (κ3) is 4.36. The zero-order valence-corrected chi connectivity index (χ0v) is 13.2. The van der Waals surface area contributed by atoms with Crippen molar-refractivity contribution < 1.29 is 4.79 Å². The van der Waals surface area contributed by atoms with Gasteiger partial charge in [-0.15, -0.1) is 0 Å². The van der Waals surface area contributed by atoms with Crippen molar-refractivity contribution in [2.24, 2.45) is 0 Å². The van der Waals surface area contributed by atoms with Crippen LogP contribution in [-0.2, 0) is 11.8 Å². The summed E-state index contributed by atoms with van der Waals surface area (Å²) in [5.41, 5.74) is 2.95. The van der Waals surface area contributed by atoms with Crippen LogP contribution < -0.4 is 5.32 Å². The third-order valence-electron chi connectivity index (χ3n) is 2.96. The minimum absolute atomic E-state index is 0.0480. The maximum Gasteiger partial charge on any atom is 0.251 e. The molecule has 2 aromatic carbocycles. The first kappa shape index (κ1) is 15.1. The van der Waals surface area contributed by atoms with E-state index in [1.165, 1.54) is 0 Å². The summed E-state index contributed by atoms with van der Waals surface area (Å²) in [5.74, 6) is -0.0480. The summed E-state index contributed by atoms with van der Waals surface area (Å²) in [6.45, 7) is 0.597. The maximum atomic E-state index is 12.0. The lowest BCUT2D eigenvalue weighted by Crippen LogP contribution is -2.25. The van der Waals surface area contributed by atoms with E-state index in [0.717, 1.165) is 27.9 Å². The molecule has 0 saturated heterocycles. The van der Waals surface area contributed by atoms with Crippen LogP contribution in [0.2, 0.25) is 5.02 Å². The minimum Gasteiger partial charge on any atom is -0.352 e. The van der Waals surface area contributed by atoms with E-state index >= 15 is 0 Å². The van der Waals surface area contributed by atoms with Gasteiger partial charge in [-0.2, -0.15) is 0 Å². The van der Waals surface area contributed by atoms with Crippen LogP contribution in [-0.4, -0.2) is 12.5 Å². The van der Waals surface area contributed by atoms with E-state index in [4.69, 9.17) is 11.6 Å². The first-order chi connectivity index (χ1) is 9.69. The molecule has 2 aromatic rings. The van der Waals surface area contributed by atoms with Gasteiger partial charge in [0.05, 0.1) is 0 Å². The van der Waals surface area contributed by atoms with Gasteiger partial charge < -0.3 is 5.32 Å². The van der Waals surface area contributed by atoms with Gasteiger partial charge in [0.2, 0.25) is 0 Å². The van der Waals surface area contributed by atoms with Crippen molar-refractivity contribution in [1.29, 1.82) is 0 Å². The number of carbonyl (C=O) groups excluding carboxylic acids is 1. The van der Waals surface area contributed by atoms with Gasteiger partial charge in [-0.3, -0.25) is 4.79 Å². The molecule has 0 aliphatic carbocycles. The van der Waals surface area contributed by atoms with Crippen molar-refractivity contribution >= 4 is 33.4 Å². The Kier molecular flexibility index (Phi) is 5.62. The Morgan fingerprint density at radius 3 is 2.50 bits per heavy atom. The van der Waals surface area contributed by atoms with E-state index in [0.29, 0.717) is 12.1 Å². The van der Waals surface area contributed by atoms with Gasteiger partial charge in [0.25, 0.3) is 5.91 Å². The van der Waals surface area contributed by atoms with Crippen LogP contribution in [0.5, 0.6) is 0 Å². The molecule has 0 saturated carbocycles. The van der Waals surface area contributed by atoms with Crippen molar-refractivity contribution in [2.75, 3.05) is 6.54 Å². The molecule has 0 unspecified atom stereocenters. The summed E-state index contributed by atoms with van der Waals surface area (Å²) >= 11 is 9.30. The zero-order chi connectivity index (χ0) is 14.4. The molecule has 104 valence electrons. The number of carbonyl (C=O) groups is 1. The number of alkyl halides is 1. The fourth-order valence-corrected chi connectivity index (χ4v) is 2.45. The normalized spacial score (nSPS) is 10.3. The van der Waals surface area contributed by atoms with Crippen molar-refractivity contribution in [3.63, 3.8) is 0 Å². The SMILES string of the molecule is O=C(NCCc1cccc(Cl)c1)c1ccc(CBr)cc1. The van der Waals surface area contributed by atoms with Gasteiger partial charge in [0.15, 0.2) is 0 Å². The molecule has 20 heavy (non-hydrogen) atoms. The Bertz CT molecular complexity index is 583. The second-order valence-electron chi connectivity index (χ2n) is 4.47.